The minimum absolute atomic E-state index is 0.0407. The van der Waals surface area contributed by atoms with Crippen LogP contribution in [0.25, 0.3) is 0 Å². The third-order valence-corrected chi connectivity index (χ3v) is 9.54. The van der Waals surface area contributed by atoms with E-state index in [4.69, 9.17) is 9.47 Å². The van der Waals surface area contributed by atoms with Crippen LogP contribution in [0.15, 0.2) is 175 Å². The molecule has 0 aromatic heterocycles. The summed E-state index contributed by atoms with van der Waals surface area (Å²) in [5, 5.41) is 0. The van der Waals surface area contributed by atoms with Gasteiger partial charge < -0.3 is 9.47 Å². The molecular weight excluding hydrogens is 778 g/mol. The Bertz CT molecular complexity index is 2490. The first-order chi connectivity index (χ1) is 27.9. The summed E-state index contributed by atoms with van der Waals surface area (Å²) in [4.78, 5) is 55.0. The predicted octanol–water partition coefficient (Wildman–Crippen LogP) is 10.5. The Morgan fingerprint density at radius 1 is 0.678 bits per heavy atom. The number of amides is 4. The molecule has 0 bridgehead atoms. The molecule has 0 aliphatic carbocycles. The molecule has 4 aromatic carbocycles. The van der Waals surface area contributed by atoms with E-state index in [1.165, 1.54) is 49.4 Å². The normalized spacial score (nSPS) is 16.1. The van der Waals surface area contributed by atoms with Crippen LogP contribution in [0.4, 0.5) is 32.0 Å². The van der Waals surface area contributed by atoms with Gasteiger partial charge in [0.05, 0.1) is 22.4 Å². The number of benzene rings is 4. The maximum Gasteiger partial charge on any atom is 0.410 e. The van der Waals surface area contributed by atoms with Crippen molar-refractivity contribution >= 4 is 29.3 Å². The van der Waals surface area contributed by atoms with Gasteiger partial charge in [0.15, 0.2) is 0 Å². The standard InChI is InChI=1S/C45H32F6N2O6/c1-5-31(19-17-28(3)58-33-12-8-6-9-13-33)52-41(56)37-25-18-30(26-38(37)42(52)57)43(44(46,47)48,45(49,50)51)27(2)16-24-36-29(4)39(54)53(40(36)55)32-20-22-35(23-21-32)59-34-14-10-7-11-15-34/h5-26H,3-4H2,1-2H3/b19-17-,27-16+,31-5+,36-24+. The Hall–Kier alpha value is -7.22. The highest BCUT2D eigenvalue weighted by atomic mass is 19.4. The second-order valence-electron chi connectivity index (χ2n) is 13.1. The van der Waals surface area contributed by atoms with Crippen molar-refractivity contribution in [3.05, 3.63) is 192 Å². The van der Waals surface area contributed by atoms with Gasteiger partial charge in [0, 0.05) is 11.3 Å². The van der Waals surface area contributed by atoms with Crippen molar-refractivity contribution in [3.8, 4) is 17.2 Å². The molecule has 14 heteroatoms. The molecule has 4 amide bonds. The minimum atomic E-state index is -6.08. The lowest BCUT2D eigenvalue weighted by Crippen LogP contribution is -2.55. The van der Waals surface area contributed by atoms with Crippen molar-refractivity contribution in [2.75, 3.05) is 4.90 Å². The third kappa shape index (κ3) is 7.64. The number of anilines is 1. The molecule has 0 saturated carbocycles. The van der Waals surface area contributed by atoms with E-state index < -0.39 is 74.8 Å². The van der Waals surface area contributed by atoms with Crippen molar-refractivity contribution < 1.29 is 55.0 Å². The Morgan fingerprint density at radius 2 is 1.24 bits per heavy atom. The topological polar surface area (TPSA) is 93.2 Å². The zero-order valence-electron chi connectivity index (χ0n) is 31.2. The summed E-state index contributed by atoms with van der Waals surface area (Å²) in [5.41, 5.74) is -9.70. The summed E-state index contributed by atoms with van der Waals surface area (Å²) < 4.78 is 102. The minimum Gasteiger partial charge on any atom is -0.458 e. The fourth-order valence-corrected chi connectivity index (χ4v) is 6.64. The fraction of sp³-hybridized carbons (Fsp3) is 0.111. The highest BCUT2D eigenvalue weighted by molar-refractivity contribution is 6.36. The number of halogens is 6. The van der Waals surface area contributed by atoms with Crippen LogP contribution in [0.3, 0.4) is 0 Å². The van der Waals surface area contributed by atoms with Gasteiger partial charge in [-0.3, -0.25) is 19.2 Å². The summed E-state index contributed by atoms with van der Waals surface area (Å²) in [7, 11) is 0. The molecule has 2 heterocycles. The van der Waals surface area contributed by atoms with E-state index >= 15 is 26.3 Å². The third-order valence-electron chi connectivity index (χ3n) is 9.54. The van der Waals surface area contributed by atoms with Gasteiger partial charge in [-0.15, -0.1) is 0 Å². The van der Waals surface area contributed by atoms with Crippen LogP contribution in [0, 0.1) is 0 Å². The second-order valence-corrected chi connectivity index (χ2v) is 13.1. The molecule has 6 rings (SSSR count). The van der Waals surface area contributed by atoms with E-state index in [0.29, 0.717) is 58.3 Å². The molecule has 0 radical (unpaired) electrons. The summed E-state index contributed by atoms with van der Waals surface area (Å²) in [5.74, 6) is -2.77. The largest absolute Gasteiger partial charge is 0.458 e. The molecule has 1 saturated heterocycles. The molecule has 4 aromatic rings. The summed E-state index contributed by atoms with van der Waals surface area (Å²) in [6.45, 7) is 9.34. The van der Waals surface area contributed by atoms with E-state index in [-0.39, 0.29) is 17.1 Å². The molecule has 300 valence electrons. The SMILES string of the molecule is C=C(/C=C\C(=C/C)N1C(=O)c2ccc(C(/C(C)=C/C=C3\C(=C)C(=O)N(c4ccc(Oc5ccccc5)cc4)C3=O)(C(F)(F)F)C(F)(F)F)cc2C1=O)Oc1ccccc1. The summed E-state index contributed by atoms with van der Waals surface area (Å²) in [6.07, 6.45) is -7.11. The van der Waals surface area contributed by atoms with Crippen LogP contribution in [0.1, 0.15) is 40.1 Å². The molecular formula is C45H32F6N2O6. The molecule has 2 aliphatic rings. The van der Waals surface area contributed by atoms with Gasteiger partial charge in [0.1, 0.15) is 23.0 Å². The molecule has 8 nitrogen and oxygen atoms in total. The number of rotatable bonds is 11. The van der Waals surface area contributed by atoms with Crippen LogP contribution in [0.5, 0.6) is 17.2 Å². The van der Waals surface area contributed by atoms with Gasteiger partial charge in [-0.05, 0) is 104 Å². The van der Waals surface area contributed by atoms with Gasteiger partial charge in [-0.2, -0.15) is 26.3 Å². The molecule has 0 atom stereocenters. The van der Waals surface area contributed by atoms with Crippen molar-refractivity contribution in [2.24, 2.45) is 0 Å². The van der Waals surface area contributed by atoms with Crippen molar-refractivity contribution in [1.29, 1.82) is 0 Å². The Balaban J connectivity index is 1.32. The number of alkyl halides is 6. The van der Waals surface area contributed by atoms with E-state index in [2.05, 4.69) is 13.2 Å². The van der Waals surface area contributed by atoms with Crippen LogP contribution in [-0.2, 0) is 15.0 Å². The maximum absolute atomic E-state index is 15.2. The van der Waals surface area contributed by atoms with Gasteiger partial charge in [-0.1, -0.05) is 67.8 Å². The molecule has 0 N–H and O–H groups in total. The van der Waals surface area contributed by atoms with Crippen LogP contribution in [-0.4, -0.2) is 40.9 Å². The quantitative estimate of drug-likeness (QED) is 0.0492. The van der Waals surface area contributed by atoms with Crippen LogP contribution >= 0.6 is 0 Å². The molecule has 0 unspecified atom stereocenters. The van der Waals surface area contributed by atoms with E-state index in [1.54, 1.807) is 60.7 Å². The predicted molar refractivity (Wildman–Crippen MR) is 206 cm³/mol. The number of carbonyl (C=O) groups is 4. The number of allylic oxidation sites excluding steroid dienone is 6. The molecule has 0 spiro atoms. The number of hydrogen-bond acceptors (Lipinski definition) is 6. The Kier molecular flexibility index (Phi) is 11.2. The lowest BCUT2D eigenvalue weighted by molar-refractivity contribution is -0.289. The van der Waals surface area contributed by atoms with Gasteiger partial charge in [-0.25, -0.2) is 9.80 Å². The number of nitrogens with zero attached hydrogens (tertiary/aromatic N) is 2. The first kappa shape index (κ1) is 41.4. The number of fused-ring (bicyclic) bond motifs is 1. The number of hydrogen-bond donors (Lipinski definition) is 0. The van der Waals surface area contributed by atoms with Crippen LogP contribution < -0.4 is 14.4 Å². The zero-order chi connectivity index (χ0) is 42.9. The Morgan fingerprint density at radius 3 is 1.81 bits per heavy atom. The average molecular weight is 811 g/mol. The smallest absolute Gasteiger partial charge is 0.410 e. The van der Waals surface area contributed by atoms with Crippen LogP contribution in [0.2, 0.25) is 0 Å². The van der Waals surface area contributed by atoms with Crippen molar-refractivity contribution in [1.82, 2.24) is 4.90 Å². The number of para-hydroxylation sites is 2. The van der Waals surface area contributed by atoms with E-state index in [9.17, 15) is 19.2 Å². The first-order valence-corrected chi connectivity index (χ1v) is 17.6. The van der Waals surface area contributed by atoms with Crippen molar-refractivity contribution in [3.63, 3.8) is 0 Å². The lowest BCUT2D eigenvalue weighted by atomic mass is 9.72. The average Bonchev–Trinajstić information content (AvgIpc) is 3.56. The number of ether oxygens (including phenoxy) is 2. The highest BCUT2D eigenvalue weighted by Gasteiger charge is 2.72. The summed E-state index contributed by atoms with van der Waals surface area (Å²) >= 11 is 0. The maximum atomic E-state index is 15.2. The highest BCUT2D eigenvalue weighted by Crippen LogP contribution is 2.57. The molecule has 2 aliphatic heterocycles. The van der Waals surface area contributed by atoms with Gasteiger partial charge in [0.2, 0.25) is 5.41 Å². The monoisotopic (exact) mass is 810 g/mol. The first-order valence-electron chi connectivity index (χ1n) is 17.6. The van der Waals surface area contributed by atoms with E-state index in [1.807, 2.05) is 0 Å². The van der Waals surface area contributed by atoms with E-state index in [0.717, 1.165) is 6.07 Å². The molecule has 59 heavy (non-hydrogen) atoms. The fourth-order valence-electron chi connectivity index (χ4n) is 6.64. The Labute approximate surface area is 334 Å². The number of imide groups is 2. The lowest BCUT2D eigenvalue weighted by Gasteiger charge is -2.39. The van der Waals surface area contributed by atoms with Crippen molar-refractivity contribution in [2.45, 2.75) is 31.6 Å². The summed E-state index contributed by atoms with van der Waals surface area (Å²) in [6, 6.07) is 24.4. The number of carbonyl (C=O) groups excluding carboxylic acids is 4. The zero-order valence-corrected chi connectivity index (χ0v) is 31.2. The second kappa shape index (κ2) is 16.0. The van der Waals surface area contributed by atoms with Gasteiger partial charge >= 0.3 is 12.4 Å². The van der Waals surface area contributed by atoms with Gasteiger partial charge in [0.25, 0.3) is 23.6 Å². The molecule has 1 fully saturated rings.